The zero-order chi connectivity index (χ0) is 19.4. The highest BCUT2D eigenvalue weighted by Gasteiger charge is 2.10. The molecule has 0 bridgehead atoms. The minimum Gasteiger partial charge on any atom is -0.334 e. The molecule has 0 aliphatic rings. The fourth-order valence-corrected chi connectivity index (χ4v) is 2.69. The van der Waals surface area contributed by atoms with Crippen LogP contribution in [0.15, 0.2) is 36.5 Å². The number of amides is 3. The molecule has 140 valence electrons. The quantitative estimate of drug-likeness (QED) is 0.643. The lowest BCUT2D eigenvalue weighted by atomic mass is 10.1. The average Bonchev–Trinajstić information content (AvgIpc) is 2.93. The van der Waals surface area contributed by atoms with Crippen LogP contribution in [0.2, 0.25) is 0 Å². The van der Waals surface area contributed by atoms with Crippen molar-refractivity contribution in [2.75, 3.05) is 11.9 Å². The third-order valence-electron chi connectivity index (χ3n) is 4.13. The van der Waals surface area contributed by atoms with Crippen molar-refractivity contribution in [2.24, 2.45) is 7.05 Å². The number of urea groups is 1. The second kappa shape index (κ2) is 7.86. The van der Waals surface area contributed by atoms with E-state index in [1.807, 2.05) is 51.2 Å². The highest BCUT2D eigenvalue weighted by molar-refractivity contribution is 5.95. The Morgan fingerprint density at radius 1 is 1.11 bits per heavy atom. The van der Waals surface area contributed by atoms with Crippen LogP contribution in [0.4, 0.5) is 10.5 Å². The highest BCUT2D eigenvalue weighted by Crippen LogP contribution is 2.19. The summed E-state index contributed by atoms with van der Waals surface area (Å²) in [6, 6.07) is 9.29. The topological polar surface area (TPSA) is 101 Å². The number of rotatable bonds is 5. The van der Waals surface area contributed by atoms with Crippen LogP contribution in [0.5, 0.6) is 0 Å². The number of hydrogen-bond acceptors (Lipinski definition) is 4. The fraction of sp³-hybridized carbons (Fsp3) is 0.263. The standard InChI is InChI=1S/C19H22N6O2/c1-12-4-6-14(7-5-12)9-21-19(27)22-11-17(26)23-15-8-16-13(2)24-25(3)18(16)20-10-15/h4-8,10H,9,11H2,1-3H3,(H,23,26)(H2,21,22,27). The molecule has 0 radical (unpaired) electrons. The Morgan fingerprint density at radius 2 is 1.85 bits per heavy atom. The predicted octanol–water partition coefficient (Wildman–Crippen LogP) is 2.02. The summed E-state index contributed by atoms with van der Waals surface area (Å²) < 4.78 is 1.69. The molecule has 0 aliphatic carbocycles. The predicted molar refractivity (Wildman–Crippen MR) is 103 cm³/mol. The van der Waals surface area contributed by atoms with Crippen LogP contribution < -0.4 is 16.0 Å². The van der Waals surface area contributed by atoms with Crippen molar-refractivity contribution < 1.29 is 9.59 Å². The lowest BCUT2D eigenvalue weighted by Crippen LogP contribution is -2.39. The van der Waals surface area contributed by atoms with Gasteiger partial charge in [-0.2, -0.15) is 5.10 Å². The van der Waals surface area contributed by atoms with E-state index in [1.165, 1.54) is 0 Å². The maximum absolute atomic E-state index is 12.1. The van der Waals surface area contributed by atoms with Gasteiger partial charge in [-0.05, 0) is 25.5 Å². The van der Waals surface area contributed by atoms with E-state index < -0.39 is 6.03 Å². The fourth-order valence-electron chi connectivity index (χ4n) is 2.69. The third kappa shape index (κ3) is 4.60. The van der Waals surface area contributed by atoms with Gasteiger partial charge in [-0.3, -0.25) is 9.48 Å². The molecule has 3 rings (SSSR count). The number of pyridine rings is 1. The largest absolute Gasteiger partial charge is 0.334 e. The summed E-state index contributed by atoms with van der Waals surface area (Å²) in [5, 5.41) is 13.2. The maximum atomic E-state index is 12.1. The second-order valence-electron chi connectivity index (χ2n) is 6.37. The van der Waals surface area contributed by atoms with Crippen LogP contribution in [0.25, 0.3) is 11.0 Å². The minimum atomic E-state index is -0.401. The normalized spacial score (nSPS) is 10.6. The van der Waals surface area contributed by atoms with Crippen molar-refractivity contribution in [1.82, 2.24) is 25.4 Å². The van der Waals surface area contributed by atoms with E-state index in [2.05, 4.69) is 26.0 Å². The molecule has 0 unspecified atom stereocenters. The molecule has 3 N–H and O–H groups in total. The number of aryl methyl sites for hydroxylation is 3. The summed E-state index contributed by atoms with van der Waals surface area (Å²) in [6.07, 6.45) is 1.57. The monoisotopic (exact) mass is 366 g/mol. The highest BCUT2D eigenvalue weighted by atomic mass is 16.2. The third-order valence-corrected chi connectivity index (χ3v) is 4.13. The van der Waals surface area contributed by atoms with E-state index in [9.17, 15) is 9.59 Å². The van der Waals surface area contributed by atoms with Gasteiger partial charge in [0, 0.05) is 19.0 Å². The number of anilines is 1. The summed E-state index contributed by atoms with van der Waals surface area (Å²) >= 11 is 0. The molecule has 0 saturated carbocycles. The Kier molecular flexibility index (Phi) is 5.35. The first kappa shape index (κ1) is 18.4. The number of carbonyl (C=O) groups is 2. The molecule has 8 heteroatoms. The summed E-state index contributed by atoms with van der Waals surface area (Å²) in [5.74, 6) is -0.330. The van der Waals surface area contributed by atoms with Gasteiger partial charge in [0.15, 0.2) is 5.65 Å². The molecule has 0 atom stereocenters. The molecule has 0 saturated heterocycles. The number of fused-ring (bicyclic) bond motifs is 1. The SMILES string of the molecule is Cc1ccc(CNC(=O)NCC(=O)Nc2cnc3c(c2)c(C)nn3C)cc1. The zero-order valence-corrected chi connectivity index (χ0v) is 15.5. The molecule has 1 aromatic carbocycles. The molecule has 27 heavy (non-hydrogen) atoms. The van der Waals surface area contributed by atoms with Gasteiger partial charge in [-0.1, -0.05) is 29.8 Å². The first-order chi connectivity index (χ1) is 12.9. The lowest BCUT2D eigenvalue weighted by Gasteiger charge is -2.09. The molecule has 3 aromatic rings. The summed E-state index contributed by atoms with van der Waals surface area (Å²) in [4.78, 5) is 28.2. The van der Waals surface area contributed by atoms with Crippen LogP contribution in [-0.2, 0) is 18.4 Å². The van der Waals surface area contributed by atoms with Gasteiger partial charge in [-0.15, -0.1) is 0 Å². The van der Waals surface area contributed by atoms with E-state index in [4.69, 9.17) is 0 Å². The van der Waals surface area contributed by atoms with Crippen LogP contribution in [0.1, 0.15) is 16.8 Å². The maximum Gasteiger partial charge on any atom is 0.315 e. The van der Waals surface area contributed by atoms with Gasteiger partial charge in [0.05, 0.1) is 24.1 Å². The Balaban J connectivity index is 1.48. The van der Waals surface area contributed by atoms with Crippen molar-refractivity contribution >= 4 is 28.7 Å². The molecule has 0 spiro atoms. The molecular weight excluding hydrogens is 344 g/mol. The summed E-state index contributed by atoms with van der Waals surface area (Å²) in [6.45, 7) is 4.15. The summed E-state index contributed by atoms with van der Waals surface area (Å²) in [5.41, 5.74) is 4.30. The van der Waals surface area contributed by atoms with Crippen molar-refractivity contribution in [2.45, 2.75) is 20.4 Å². The Hall–Kier alpha value is -3.42. The molecule has 0 aliphatic heterocycles. The van der Waals surface area contributed by atoms with E-state index >= 15 is 0 Å². The Labute approximate surface area is 157 Å². The van der Waals surface area contributed by atoms with Crippen molar-refractivity contribution in [3.63, 3.8) is 0 Å². The van der Waals surface area contributed by atoms with Gasteiger partial charge in [0.1, 0.15) is 0 Å². The number of carbonyl (C=O) groups excluding carboxylic acids is 2. The van der Waals surface area contributed by atoms with E-state index in [0.29, 0.717) is 12.2 Å². The van der Waals surface area contributed by atoms with E-state index in [1.54, 1.807) is 10.9 Å². The summed E-state index contributed by atoms with van der Waals surface area (Å²) in [7, 11) is 1.82. The van der Waals surface area contributed by atoms with E-state index in [0.717, 1.165) is 27.9 Å². The van der Waals surface area contributed by atoms with Gasteiger partial charge in [0.2, 0.25) is 5.91 Å². The molecule has 8 nitrogen and oxygen atoms in total. The van der Waals surface area contributed by atoms with Gasteiger partial charge >= 0.3 is 6.03 Å². The van der Waals surface area contributed by atoms with E-state index in [-0.39, 0.29) is 12.5 Å². The number of benzene rings is 1. The molecule has 0 fully saturated rings. The first-order valence-electron chi connectivity index (χ1n) is 8.59. The van der Waals surface area contributed by atoms with Gasteiger partial charge < -0.3 is 16.0 Å². The molecular formula is C19H22N6O2. The Bertz CT molecular complexity index is 978. The van der Waals surface area contributed by atoms with Crippen LogP contribution >= 0.6 is 0 Å². The number of nitrogens with zero attached hydrogens (tertiary/aromatic N) is 3. The smallest absolute Gasteiger partial charge is 0.315 e. The zero-order valence-electron chi connectivity index (χ0n) is 15.5. The van der Waals surface area contributed by atoms with Crippen molar-refractivity contribution in [3.8, 4) is 0 Å². The molecule has 2 heterocycles. The van der Waals surface area contributed by atoms with Crippen LogP contribution in [-0.4, -0.2) is 33.2 Å². The first-order valence-corrected chi connectivity index (χ1v) is 8.59. The van der Waals surface area contributed by atoms with Crippen molar-refractivity contribution in [1.29, 1.82) is 0 Å². The average molecular weight is 366 g/mol. The van der Waals surface area contributed by atoms with Gasteiger partial charge in [0.25, 0.3) is 0 Å². The van der Waals surface area contributed by atoms with Crippen LogP contribution in [0, 0.1) is 13.8 Å². The molecule has 3 amide bonds. The van der Waals surface area contributed by atoms with Crippen LogP contribution in [0.3, 0.4) is 0 Å². The number of hydrogen-bond donors (Lipinski definition) is 3. The lowest BCUT2D eigenvalue weighted by molar-refractivity contribution is -0.115. The minimum absolute atomic E-state index is 0.135. The number of nitrogens with one attached hydrogen (secondary N) is 3. The van der Waals surface area contributed by atoms with Crippen molar-refractivity contribution in [3.05, 3.63) is 53.3 Å². The second-order valence-corrected chi connectivity index (χ2v) is 6.37. The molecule has 2 aromatic heterocycles. The Morgan fingerprint density at radius 3 is 2.59 bits per heavy atom. The number of aromatic nitrogens is 3. The van der Waals surface area contributed by atoms with Gasteiger partial charge in [-0.25, -0.2) is 9.78 Å².